The fourth-order valence-corrected chi connectivity index (χ4v) is 3.12. The van der Waals surface area contributed by atoms with Crippen molar-refractivity contribution in [3.8, 4) is 0 Å². The van der Waals surface area contributed by atoms with Gasteiger partial charge in [0.1, 0.15) is 11.5 Å². The zero-order valence-electron chi connectivity index (χ0n) is 10.9. The lowest BCUT2D eigenvalue weighted by atomic mass is 10.2. The number of nitro groups is 1. The molecule has 0 atom stereocenters. The van der Waals surface area contributed by atoms with Crippen LogP contribution in [0.3, 0.4) is 0 Å². The third-order valence-corrected chi connectivity index (χ3v) is 4.25. The summed E-state index contributed by atoms with van der Waals surface area (Å²) in [6.07, 6.45) is 0. The van der Waals surface area contributed by atoms with Crippen LogP contribution in [0.1, 0.15) is 5.56 Å². The first-order valence-corrected chi connectivity index (χ1v) is 7.11. The minimum absolute atomic E-state index is 0.0957. The predicted molar refractivity (Wildman–Crippen MR) is 82.2 cm³/mol. The summed E-state index contributed by atoms with van der Waals surface area (Å²) in [7, 11) is 0. The molecule has 1 aromatic heterocycles. The number of hydrogen-bond donors (Lipinski definition) is 1. The van der Waals surface area contributed by atoms with Gasteiger partial charge in [-0.2, -0.15) is 0 Å². The van der Waals surface area contributed by atoms with Crippen LogP contribution in [-0.4, -0.2) is 4.92 Å². The minimum atomic E-state index is -0.377. The van der Waals surface area contributed by atoms with Crippen molar-refractivity contribution in [1.82, 2.24) is 0 Å². The summed E-state index contributed by atoms with van der Waals surface area (Å²) in [5.41, 5.74) is 1.38. The van der Waals surface area contributed by atoms with E-state index in [-0.39, 0.29) is 15.7 Å². The quantitative estimate of drug-likeness (QED) is 0.567. The van der Waals surface area contributed by atoms with E-state index in [1.807, 2.05) is 24.3 Å². The van der Waals surface area contributed by atoms with Gasteiger partial charge < -0.3 is 5.32 Å². The first-order valence-electron chi connectivity index (χ1n) is 6.29. The number of anilines is 1. The van der Waals surface area contributed by atoms with E-state index in [4.69, 9.17) is 0 Å². The van der Waals surface area contributed by atoms with Crippen molar-refractivity contribution < 1.29 is 9.31 Å². The van der Waals surface area contributed by atoms with Gasteiger partial charge in [-0.05, 0) is 23.8 Å². The van der Waals surface area contributed by atoms with Crippen LogP contribution in [-0.2, 0) is 6.54 Å². The molecular formula is C15H11FN2O2S. The van der Waals surface area contributed by atoms with Gasteiger partial charge in [0.2, 0.25) is 0 Å². The van der Waals surface area contributed by atoms with E-state index in [1.54, 1.807) is 12.1 Å². The van der Waals surface area contributed by atoms with Crippen LogP contribution in [0.15, 0.2) is 48.5 Å². The summed E-state index contributed by atoms with van der Waals surface area (Å²) in [6, 6.07) is 13.5. The van der Waals surface area contributed by atoms with Crippen LogP contribution in [0.5, 0.6) is 0 Å². The highest BCUT2D eigenvalue weighted by Crippen LogP contribution is 2.41. The Balaban J connectivity index is 1.93. The number of benzene rings is 2. The van der Waals surface area contributed by atoms with E-state index in [0.717, 1.165) is 27.0 Å². The average Bonchev–Trinajstić information content (AvgIpc) is 2.86. The molecule has 0 saturated heterocycles. The number of fused-ring (bicyclic) bond motifs is 1. The zero-order chi connectivity index (χ0) is 14.8. The molecule has 0 saturated carbocycles. The number of nitrogens with zero attached hydrogens (tertiary/aromatic N) is 1. The molecule has 2 aromatic carbocycles. The van der Waals surface area contributed by atoms with Gasteiger partial charge in [0.25, 0.3) is 0 Å². The predicted octanol–water partition coefficient (Wildman–Crippen LogP) is 4.56. The fourth-order valence-electron chi connectivity index (χ4n) is 2.12. The van der Waals surface area contributed by atoms with Gasteiger partial charge >= 0.3 is 5.00 Å². The molecule has 1 N–H and O–H groups in total. The van der Waals surface area contributed by atoms with Gasteiger partial charge in [-0.3, -0.25) is 10.1 Å². The lowest BCUT2D eigenvalue weighted by Gasteiger charge is -2.05. The van der Waals surface area contributed by atoms with Gasteiger partial charge in [0.15, 0.2) is 0 Å². The Labute approximate surface area is 124 Å². The Hall–Kier alpha value is -2.47. The van der Waals surface area contributed by atoms with E-state index in [1.165, 1.54) is 12.1 Å². The SMILES string of the molecule is O=[N+]([O-])c1sc2ccccc2c1NCc1ccc(F)cc1. The molecule has 106 valence electrons. The topological polar surface area (TPSA) is 55.2 Å². The van der Waals surface area contributed by atoms with Crippen LogP contribution in [0.25, 0.3) is 10.1 Å². The minimum Gasteiger partial charge on any atom is -0.374 e. The van der Waals surface area contributed by atoms with E-state index in [2.05, 4.69) is 5.32 Å². The van der Waals surface area contributed by atoms with Gasteiger partial charge in [-0.1, -0.05) is 41.7 Å². The van der Waals surface area contributed by atoms with E-state index in [9.17, 15) is 14.5 Å². The fraction of sp³-hybridized carbons (Fsp3) is 0.0667. The normalized spacial score (nSPS) is 10.7. The van der Waals surface area contributed by atoms with Crippen LogP contribution < -0.4 is 5.32 Å². The largest absolute Gasteiger partial charge is 0.374 e. The van der Waals surface area contributed by atoms with Gasteiger partial charge in [0.05, 0.1) is 4.92 Å². The first kappa shape index (κ1) is 13.5. The Kier molecular flexibility index (Phi) is 3.53. The Morgan fingerprint density at radius 2 is 1.86 bits per heavy atom. The molecule has 1 heterocycles. The highest BCUT2D eigenvalue weighted by atomic mass is 32.1. The Morgan fingerprint density at radius 1 is 1.14 bits per heavy atom. The van der Waals surface area contributed by atoms with Gasteiger partial charge in [-0.25, -0.2) is 4.39 Å². The van der Waals surface area contributed by atoms with Crippen LogP contribution in [0, 0.1) is 15.9 Å². The molecule has 0 aliphatic heterocycles. The maximum atomic E-state index is 12.9. The summed E-state index contributed by atoms with van der Waals surface area (Å²) < 4.78 is 13.7. The third-order valence-electron chi connectivity index (χ3n) is 3.13. The second-order valence-electron chi connectivity index (χ2n) is 4.52. The molecule has 0 bridgehead atoms. The smallest absolute Gasteiger partial charge is 0.348 e. The van der Waals surface area contributed by atoms with Crippen molar-refractivity contribution in [1.29, 1.82) is 0 Å². The molecule has 3 aromatic rings. The Morgan fingerprint density at radius 3 is 2.57 bits per heavy atom. The number of thiophene rings is 1. The Bertz CT molecular complexity index is 799. The monoisotopic (exact) mass is 302 g/mol. The zero-order valence-corrected chi connectivity index (χ0v) is 11.7. The summed E-state index contributed by atoms with van der Waals surface area (Å²) in [6.45, 7) is 0.405. The number of halogens is 1. The van der Waals surface area contributed by atoms with Crippen molar-refractivity contribution >= 4 is 32.1 Å². The second kappa shape index (κ2) is 5.49. The maximum Gasteiger partial charge on any atom is 0.348 e. The van der Waals surface area contributed by atoms with Crippen molar-refractivity contribution in [2.75, 3.05) is 5.32 Å². The van der Waals surface area contributed by atoms with Gasteiger partial charge in [0, 0.05) is 16.6 Å². The maximum absolute atomic E-state index is 12.9. The first-order chi connectivity index (χ1) is 10.1. The lowest BCUT2D eigenvalue weighted by molar-refractivity contribution is -0.379. The van der Waals surface area contributed by atoms with Crippen molar-refractivity contribution in [2.24, 2.45) is 0 Å². The molecule has 21 heavy (non-hydrogen) atoms. The number of nitrogens with one attached hydrogen (secondary N) is 1. The molecule has 0 unspecified atom stereocenters. The standard InChI is InChI=1S/C15H11FN2O2S/c16-11-7-5-10(6-8-11)9-17-14-12-3-1-2-4-13(12)21-15(14)18(19)20/h1-8,17H,9H2. The third kappa shape index (κ3) is 2.71. The van der Waals surface area contributed by atoms with Crippen LogP contribution >= 0.6 is 11.3 Å². The number of rotatable bonds is 4. The van der Waals surface area contributed by atoms with E-state index >= 15 is 0 Å². The van der Waals surface area contributed by atoms with Crippen molar-refractivity contribution in [3.63, 3.8) is 0 Å². The molecule has 6 heteroatoms. The molecule has 0 amide bonds. The lowest BCUT2D eigenvalue weighted by Crippen LogP contribution is -2.01. The molecule has 0 aliphatic carbocycles. The molecule has 0 fully saturated rings. The summed E-state index contributed by atoms with van der Waals surface area (Å²) >= 11 is 1.15. The molecule has 4 nitrogen and oxygen atoms in total. The average molecular weight is 302 g/mol. The highest BCUT2D eigenvalue weighted by Gasteiger charge is 2.20. The number of hydrogen-bond acceptors (Lipinski definition) is 4. The summed E-state index contributed by atoms with van der Waals surface area (Å²) in [5.74, 6) is -0.300. The molecule has 0 spiro atoms. The molecular weight excluding hydrogens is 291 g/mol. The van der Waals surface area contributed by atoms with Crippen LogP contribution in [0.2, 0.25) is 0 Å². The van der Waals surface area contributed by atoms with E-state index in [0.29, 0.717) is 12.2 Å². The van der Waals surface area contributed by atoms with Crippen molar-refractivity contribution in [2.45, 2.75) is 6.54 Å². The van der Waals surface area contributed by atoms with E-state index < -0.39 is 0 Å². The molecule has 0 aliphatic rings. The highest BCUT2D eigenvalue weighted by molar-refractivity contribution is 7.23. The van der Waals surface area contributed by atoms with Gasteiger partial charge in [-0.15, -0.1) is 0 Å². The van der Waals surface area contributed by atoms with Crippen molar-refractivity contribution in [3.05, 3.63) is 70.0 Å². The molecule has 0 radical (unpaired) electrons. The summed E-state index contributed by atoms with van der Waals surface area (Å²) in [5, 5.41) is 15.2. The van der Waals surface area contributed by atoms with Crippen LogP contribution in [0.4, 0.5) is 15.1 Å². The molecule has 3 rings (SSSR count). The second-order valence-corrected chi connectivity index (χ2v) is 5.55. The summed E-state index contributed by atoms with van der Waals surface area (Å²) in [4.78, 5) is 10.8.